The van der Waals surface area contributed by atoms with Crippen molar-refractivity contribution in [2.75, 3.05) is 6.54 Å². The monoisotopic (exact) mass is 380 g/mol. The van der Waals surface area contributed by atoms with E-state index in [4.69, 9.17) is 5.73 Å². The van der Waals surface area contributed by atoms with E-state index in [1.165, 1.54) is 12.1 Å². The van der Waals surface area contributed by atoms with E-state index in [0.29, 0.717) is 4.47 Å². The van der Waals surface area contributed by atoms with Crippen molar-refractivity contribution in [2.24, 2.45) is 17.1 Å². The average molecular weight is 381 g/mol. The summed E-state index contributed by atoms with van der Waals surface area (Å²) in [5.74, 6) is -0.687. The van der Waals surface area contributed by atoms with Crippen LogP contribution in [0.15, 0.2) is 21.5 Å². The van der Waals surface area contributed by atoms with Gasteiger partial charge in [-0.05, 0) is 23.5 Å². The molecule has 0 bridgehead atoms. The Morgan fingerprint density at radius 2 is 1.95 bits per heavy atom. The van der Waals surface area contributed by atoms with Crippen LogP contribution in [0.3, 0.4) is 0 Å². The first-order valence-electron chi connectivity index (χ1n) is 6.66. The zero-order chi connectivity index (χ0) is 16.4. The molecule has 0 fully saturated rings. The summed E-state index contributed by atoms with van der Waals surface area (Å²) in [6, 6.07) is 2.73. The number of nitrogens with one attached hydrogen (secondary N) is 1. The Kier molecular flexibility index (Phi) is 5.94. The lowest BCUT2D eigenvalue weighted by Gasteiger charge is -2.27. The molecule has 0 saturated heterocycles. The van der Waals surface area contributed by atoms with E-state index in [-0.39, 0.29) is 34.9 Å². The maximum absolute atomic E-state index is 14.2. The molecule has 0 aromatic heterocycles. The standard InChI is InChI=1S/C14H22BrFN2O2S/c1-9(14(2,3)4)8-18-21(19,20)12-6-11(15)5-10(7-17)13(12)16/h5-6,9,18H,7-8,17H2,1-4H3. The number of rotatable bonds is 5. The van der Waals surface area contributed by atoms with Crippen molar-refractivity contribution in [1.82, 2.24) is 4.72 Å². The molecular formula is C14H22BrFN2O2S. The predicted octanol–water partition coefficient (Wildman–Crippen LogP) is 3.01. The molecule has 0 amide bonds. The average Bonchev–Trinajstić information content (AvgIpc) is 2.36. The van der Waals surface area contributed by atoms with Gasteiger partial charge in [-0.25, -0.2) is 17.5 Å². The molecule has 0 radical (unpaired) electrons. The van der Waals surface area contributed by atoms with Gasteiger partial charge in [0.05, 0.1) is 0 Å². The van der Waals surface area contributed by atoms with E-state index < -0.39 is 15.8 Å². The van der Waals surface area contributed by atoms with Crippen LogP contribution in [0.5, 0.6) is 0 Å². The van der Waals surface area contributed by atoms with Gasteiger partial charge in [-0.1, -0.05) is 43.6 Å². The molecule has 1 aromatic carbocycles. The van der Waals surface area contributed by atoms with Crippen LogP contribution in [0.2, 0.25) is 0 Å². The van der Waals surface area contributed by atoms with Crippen molar-refractivity contribution in [3.63, 3.8) is 0 Å². The Labute approximate surface area is 134 Å². The van der Waals surface area contributed by atoms with Crippen molar-refractivity contribution in [3.05, 3.63) is 28.0 Å². The molecule has 1 atom stereocenters. The van der Waals surface area contributed by atoms with Crippen LogP contribution in [0, 0.1) is 17.2 Å². The van der Waals surface area contributed by atoms with Crippen LogP contribution in [0.25, 0.3) is 0 Å². The van der Waals surface area contributed by atoms with Crippen LogP contribution < -0.4 is 10.5 Å². The number of nitrogens with two attached hydrogens (primary N) is 1. The Morgan fingerprint density at radius 3 is 2.43 bits per heavy atom. The molecule has 1 rings (SSSR count). The van der Waals surface area contributed by atoms with E-state index in [2.05, 4.69) is 20.7 Å². The van der Waals surface area contributed by atoms with Gasteiger partial charge in [0.2, 0.25) is 10.0 Å². The van der Waals surface area contributed by atoms with E-state index in [1.807, 2.05) is 27.7 Å². The molecule has 21 heavy (non-hydrogen) atoms. The van der Waals surface area contributed by atoms with Gasteiger partial charge in [0.25, 0.3) is 0 Å². The summed E-state index contributed by atoms with van der Waals surface area (Å²) in [6.45, 7) is 8.21. The number of sulfonamides is 1. The van der Waals surface area contributed by atoms with Crippen LogP contribution in [0.1, 0.15) is 33.3 Å². The summed E-state index contributed by atoms with van der Waals surface area (Å²) in [7, 11) is -3.91. The zero-order valence-electron chi connectivity index (χ0n) is 12.7. The molecular weight excluding hydrogens is 359 g/mol. The Bertz CT molecular complexity index is 612. The Hall–Kier alpha value is -0.500. The molecule has 0 aliphatic heterocycles. The highest BCUT2D eigenvalue weighted by atomic mass is 79.9. The van der Waals surface area contributed by atoms with Gasteiger partial charge < -0.3 is 5.73 Å². The molecule has 120 valence electrons. The summed E-state index contributed by atoms with van der Waals surface area (Å²) >= 11 is 3.18. The largest absolute Gasteiger partial charge is 0.326 e. The summed E-state index contributed by atoms with van der Waals surface area (Å²) in [5, 5.41) is 0. The topological polar surface area (TPSA) is 72.2 Å². The van der Waals surface area contributed by atoms with Crippen LogP contribution in [0.4, 0.5) is 4.39 Å². The van der Waals surface area contributed by atoms with Crippen molar-refractivity contribution in [3.8, 4) is 0 Å². The van der Waals surface area contributed by atoms with Crippen LogP contribution in [-0.4, -0.2) is 15.0 Å². The lowest BCUT2D eigenvalue weighted by atomic mass is 9.82. The molecule has 3 N–H and O–H groups in total. The molecule has 4 nitrogen and oxygen atoms in total. The second-order valence-corrected chi connectivity index (χ2v) is 8.85. The predicted molar refractivity (Wildman–Crippen MR) is 85.8 cm³/mol. The smallest absolute Gasteiger partial charge is 0.243 e. The summed E-state index contributed by atoms with van der Waals surface area (Å²) in [4.78, 5) is -0.376. The minimum absolute atomic E-state index is 0.0409. The van der Waals surface area contributed by atoms with Crippen molar-refractivity contribution in [1.29, 1.82) is 0 Å². The SMILES string of the molecule is CC(CNS(=O)(=O)c1cc(Br)cc(CN)c1F)C(C)(C)C. The van der Waals surface area contributed by atoms with Gasteiger partial charge in [-0.2, -0.15) is 0 Å². The number of benzene rings is 1. The highest BCUT2D eigenvalue weighted by Crippen LogP contribution is 2.26. The fourth-order valence-electron chi connectivity index (χ4n) is 1.58. The van der Waals surface area contributed by atoms with Crippen molar-refractivity contribution < 1.29 is 12.8 Å². The highest BCUT2D eigenvalue weighted by Gasteiger charge is 2.25. The zero-order valence-corrected chi connectivity index (χ0v) is 15.1. The minimum Gasteiger partial charge on any atom is -0.326 e. The molecule has 0 aliphatic rings. The van der Waals surface area contributed by atoms with Gasteiger partial charge in [0.1, 0.15) is 10.7 Å². The van der Waals surface area contributed by atoms with Crippen molar-refractivity contribution in [2.45, 2.75) is 39.1 Å². The fraction of sp³-hybridized carbons (Fsp3) is 0.571. The fourth-order valence-corrected chi connectivity index (χ4v) is 3.51. The molecule has 0 saturated carbocycles. The highest BCUT2D eigenvalue weighted by molar-refractivity contribution is 9.10. The molecule has 1 aromatic rings. The summed E-state index contributed by atoms with van der Waals surface area (Å²) in [5.41, 5.74) is 5.55. The van der Waals surface area contributed by atoms with E-state index >= 15 is 0 Å². The second kappa shape index (κ2) is 6.73. The Balaban J connectivity index is 3.07. The first-order chi connectivity index (χ1) is 9.49. The third kappa shape index (κ3) is 4.74. The number of hydrogen-bond acceptors (Lipinski definition) is 3. The molecule has 0 heterocycles. The summed E-state index contributed by atoms with van der Waals surface area (Å²) < 4.78 is 41.7. The normalized spacial score (nSPS) is 14.2. The van der Waals surface area contributed by atoms with E-state index in [1.54, 1.807) is 0 Å². The van der Waals surface area contributed by atoms with Gasteiger partial charge >= 0.3 is 0 Å². The first kappa shape index (κ1) is 18.5. The quantitative estimate of drug-likeness (QED) is 0.824. The molecule has 1 unspecified atom stereocenters. The molecule has 7 heteroatoms. The maximum Gasteiger partial charge on any atom is 0.243 e. The molecule has 0 aliphatic carbocycles. The van der Waals surface area contributed by atoms with Gasteiger partial charge in [0, 0.05) is 23.1 Å². The lowest BCUT2D eigenvalue weighted by molar-refractivity contribution is 0.263. The minimum atomic E-state index is -3.91. The van der Waals surface area contributed by atoms with Gasteiger partial charge in [-0.15, -0.1) is 0 Å². The third-order valence-corrected chi connectivity index (χ3v) is 5.53. The van der Waals surface area contributed by atoms with E-state index in [0.717, 1.165) is 0 Å². The lowest BCUT2D eigenvalue weighted by Crippen LogP contribution is -2.34. The third-order valence-electron chi connectivity index (χ3n) is 3.65. The molecule has 0 spiro atoms. The van der Waals surface area contributed by atoms with Crippen LogP contribution in [-0.2, 0) is 16.6 Å². The van der Waals surface area contributed by atoms with Gasteiger partial charge in [0.15, 0.2) is 0 Å². The van der Waals surface area contributed by atoms with Crippen molar-refractivity contribution >= 4 is 26.0 Å². The summed E-state index contributed by atoms with van der Waals surface area (Å²) in [6.07, 6.45) is 0. The first-order valence-corrected chi connectivity index (χ1v) is 8.94. The Morgan fingerprint density at radius 1 is 1.38 bits per heavy atom. The second-order valence-electron chi connectivity index (χ2n) is 6.20. The van der Waals surface area contributed by atoms with Gasteiger partial charge in [-0.3, -0.25) is 0 Å². The van der Waals surface area contributed by atoms with Crippen LogP contribution >= 0.6 is 15.9 Å². The number of hydrogen-bond donors (Lipinski definition) is 2. The number of halogens is 2. The maximum atomic E-state index is 14.2. The van der Waals surface area contributed by atoms with E-state index in [9.17, 15) is 12.8 Å².